The maximum Gasteiger partial charge on any atom is 0.255 e. The molecule has 0 saturated carbocycles. The zero-order valence-corrected chi connectivity index (χ0v) is 13.4. The minimum atomic E-state index is -0.152. The summed E-state index contributed by atoms with van der Waals surface area (Å²) in [7, 11) is 0. The van der Waals surface area contributed by atoms with Crippen molar-refractivity contribution in [3.8, 4) is 0 Å². The van der Waals surface area contributed by atoms with Crippen molar-refractivity contribution in [3.63, 3.8) is 0 Å². The number of anilines is 2. The molecule has 0 atom stereocenters. The van der Waals surface area contributed by atoms with Gasteiger partial charge in [-0.15, -0.1) is 0 Å². The van der Waals surface area contributed by atoms with E-state index in [9.17, 15) is 4.79 Å². The summed E-state index contributed by atoms with van der Waals surface area (Å²) >= 11 is 6.73. The molecule has 19 heavy (non-hydrogen) atoms. The van der Waals surface area contributed by atoms with Crippen molar-refractivity contribution in [1.29, 1.82) is 0 Å². The summed E-state index contributed by atoms with van der Waals surface area (Å²) in [5.74, 6) is -0.152. The smallest absolute Gasteiger partial charge is 0.255 e. The minimum absolute atomic E-state index is 0.152. The first-order valence-corrected chi connectivity index (χ1v) is 7.19. The van der Waals surface area contributed by atoms with E-state index in [1.165, 1.54) is 0 Å². The van der Waals surface area contributed by atoms with Gasteiger partial charge in [0.05, 0.1) is 0 Å². The van der Waals surface area contributed by atoms with Crippen LogP contribution in [0, 0.1) is 6.92 Å². The van der Waals surface area contributed by atoms with Gasteiger partial charge in [-0.1, -0.05) is 22.0 Å². The number of nitrogens with one attached hydrogen (secondary N) is 1. The first-order valence-electron chi connectivity index (χ1n) is 5.60. The molecule has 0 aliphatic carbocycles. The standard InChI is InChI=1S/C14H12Br2N2O/c1-8-10(3-2-4-11(8)15)14(19)18-9-5-6-12(16)13(17)7-9/h2-7H,17H2,1H3,(H,18,19). The van der Waals surface area contributed by atoms with Crippen LogP contribution >= 0.6 is 31.9 Å². The van der Waals surface area contributed by atoms with Crippen molar-refractivity contribution < 1.29 is 4.79 Å². The molecule has 0 bridgehead atoms. The van der Waals surface area contributed by atoms with Gasteiger partial charge >= 0.3 is 0 Å². The van der Waals surface area contributed by atoms with Crippen LogP contribution in [0.3, 0.4) is 0 Å². The molecule has 0 unspecified atom stereocenters. The Hall–Kier alpha value is -1.33. The van der Waals surface area contributed by atoms with Crippen LogP contribution in [0.25, 0.3) is 0 Å². The van der Waals surface area contributed by atoms with Gasteiger partial charge in [-0.25, -0.2) is 0 Å². The fraction of sp³-hybridized carbons (Fsp3) is 0.0714. The van der Waals surface area contributed by atoms with Crippen LogP contribution < -0.4 is 11.1 Å². The van der Waals surface area contributed by atoms with Gasteiger partial charge in [-0.2, -0.15) is 0 Å². The quantitative estimate of drug-likeness (QED) is 0.757. The predicted octanol–water partition coefficient (Wildman–Crippen LogP) is 4.35. The van der Waals surface area contributed by atoms with Gasteiger partial charge in [0.25, 0.3) is 5.91 Å². The van der Waals surface area contributed by atoms with Gasteiger partial charge < -0.3 is 11.1 Å². The van der Waals surface area contributed by atoms with Crippen LogP contribution in [0.4, 0.5) is 11.4 Å². The average Bonchev–Trinajstić information content (AvgIpc) is 2.37. The molecule has 0 aromatic heterocycles. The van der Waals surface area contributed by atoms with Crippen LogP contribution in [0.15, 0.2) is 45.3 Å². The number of halogens is 2. The molecule has 0 aliphatic heterocycles. The van der Waals surface area contributed by atoms with Crippen LogP contribution in [0.1, 0.15) is 15.9 Å². The van der Waals surface area contributed by atoms with Crippen LogP contribution in [-0.2, 0) is 0 Å². The third-order valence-electron chi connectivity index (χ3n) is 2.77. The summed E-state index contributed by atoms with van der Waals surface area (Å²) in [5.41, 5.74) is 8.58. The summed E-state index contributed by atoms with van der Waals surface area (Å²) in [6.45, 7) is 1.90. The molecule has 0 aliphatic rings. The number of nitrogen functional groups attached to an aromatic ring is 1. The molecule has 0 spiro atoms. The molecule has 0 saturated heterocycles. The lowest BCUT2D eigenvalue weighted by molar-refractivity contribution is 0.102. The van der Waals surface area contributed by atoms with Crippen molar-refractivity contribution in [2.24, 2.45) is 0 Å². The number of carbonyl (C=O) groups excluding carboxylic acids is 1. The lowest BCUT2D eigenvalue weighted by atomic mass is 10.1. The molecule has 0 fully saturated rings. The molecule has 5 heteroatoms. The number of hydrogen-bond acceptors (Lipinski definition) is 2. The van der Waals surface area contributed by atoms with E-state index < -0.39 is 0 Å². The fourth-order valence-corrected chi connectivity index (χ4v) is 2.29. The highest BCUT2D eigenvalue weighted by atomic mass is 79.9. The summed E-state index contributed by atoms with van der Waals surface area (Å²) in [4.78, 5) is 12.2. The van der Waals surface area contributed by atoms with E-state index in [1.807, 2.05) is 19.1 Å². The third-order valence-corrected chi connectivity index (χ3v) is 4.35. The van der Waals surface area contributed by atoms with Gasteiger partial charge in [0.1, 0.15) is 0 Å². The number of amides is 1. The van der Waals surface area contributed by atoms with Crippen molar-refractivity contribution in [3.05, 3.63) is 56.5 Å². The van der Waals surface area contributed by atoms with Crippen LogP contribution in [-0.4, -0.2) is 5.91 Å². The molecule has 2 aromatic rings. The number of rotatable bonds is 2. The maximum atomic E-state index is 12.2. The topological polar surface area (TPSA) is 55.1 Å². The molecule has 1 amide bonds. The van der Waals surface area contributed by atoms with Gasteiger partial charge in [0, 0.05) is 25.9 Å². The maximum absolute atomic E-state index is 12.2. The lowest BCUT2D eigenvalue weighted by Crippen LogP contribution is -2.13. The second kappa shape index (κ2) is 5.75. The molecule has 0 heterocycles. The van der Waals surface area contributed by atoms with E-state index in [0.717, 1.165) is 14.5 Å². The Morgan fingerprint density at radius 2 is 1.89 bits per heavy atom. The summed E-state index contributed by atoms with van der Waals surface area (Å²) in [5, 5.41) is 2.83. The van der Waals surface area contributed by atoms with Gasteiger partial charge in [0.2, 0.25) is 0 Å². The zero-order chi connectivity index (χ0) is 14.0. The third kappa shape index (κ3) is 3.16. The van der Waals surface area contributed by atoms with E-state index in [2.05, 4.69) is 37.2 Å². The number of hydrogen-bond donors (Lipinski definition) is 2. The minimum Gasteiger partial charge on any atom is -0.398 e. The molecular weight excluding hydrogens is 372 g/mol. The zero-order valence-electron chi connectivity index (χ0n) is 10.2. The van der Waals surface area contributed by atoms with Gasteiger partial charge in [-0.3, -0.25) is 4.79 Å². The Morgan fingerprint density at radius 1 is 1.16 bits per heavy atom. The highest BCUT2D eigenvalue weighted by Crippen LogP contribution is 2.24. The van der Waals surface area contributed by atoms with E-state index in [1.54, 1.807) is 24.3 Å². The number of benzene rings is 2. The Morgan fingerprint density at radius 3 is 2.58 bits per heavy atom. The van der Waals surface area contributed by atoms with Crippen molar-refractivity contribution in [2.45, 2.75) is 6.92 Å². The molecule has 2 aromatic carbocycles. The van der Waals surface area contributed by atoms with Crippen molar-refractivity contribution in [2.75, 3.05) is 11.1 Å². The lowest BCUT2D eigenvalue weighted by Gasteiger charge is -2.09. The van der Waals surface area contributed by atoms with Gasteiger partial charge in [-0.05, 0) is 58.7 Å². The monoisotopic (exact) mass is 382 g/mol. The first-order chi connectivity index (χ1) is 8.99. The van der Waals surface area contributed by atoms with E-state index in [-0.39, 0.29) is 5.91 Å². The molecular formula is C14H12Br2N2O. The highest BCUT2D eigenvalue weighted by Gasteiger charge is 2.11. The Balaban J connectivity index is 2.26. The highest BCUT2D eigenvalue weighted by molar-refractivity contribution is 9.10. The Bertz CT molecular complexity index is 641. The number of nitrogens with two attached hydrogens (primary N) is 1. The van der Waals surface area contributed by atoms with Crippen LogP contribution in [0.5, 0.6) is 0 Å². The molecule has 98 valence electrons. The van der Waals surface area contributed by atoms with Gasteiger partial charge in [0.15, 0.2) is 0 Å². The predicted molar refractivity (Wildman–Crippen MR) is 85.4 cm³/mol. The number of carbonyl (C=O) groups is 1. The Kier molecular flexibility index (Phi) is 4.27. The molecule has 3 N–H and O–H groups in total. The van der Waals surface area contributed by atoms with Crippen molar-refractivity contribution >= 4 is 49.1 Å². The average molecular weight is 384 g/mol. The fourth-order valence-electron chi connectivity index (χ4n) is 1.67. The summed E-state index contributed by atoms with van der Waals surface area (Å²) in [6.07, 6.45) is 0. The second-order valence-corrected chi connectivity index (χ2v) is 5.81. The van der Waals surface area contributed by atoms with Crippen LogP contribution in [0.2, 0.25) is 0 Å². The van der Waals surface area contributed by atoms with Crippen molar-refractivity contribution in [1.82, 2.24) is 0 Å². The Labute approximate surface area is 128 Å². The molecule has 2 rings (SSSR count). The molecule has 0 radical (unpaired) electrons. The van der Waals surface area contributed by atoms with E-state index >= 15 is 0 Å². The normalized spacial score (nSPS) is 10.3. The van der Waals surface area contributed by atoms with E-state index in [0.29, 0.717) is 16.9 Å². The first kappa shape index (κ1) is 14.1. The SMILES string of the molecule is Cc1c(Br)cccc1C(=O)Nc1ccc(Br)c(N)c1. The summed E-state index contributed by atoms with van der Waals surface area (Å²) < 4.78 is 1.72. The molecule has 3 nitrogen and oxygen atoms in total. The van der Waals surface area contributed by atoms with E-state index in [4.69, 9.17) is 5.73 Å². The second-order valence-electron chi connectivity index (χ2n) is 4.10. The summed E-state index contributed by atoms with van der Waals surface area (Å²) in [6, 6.07) is 10.9. The largest absolute Gasteiger partial charge is 0.398 e.